The van der Waals surface area contributed by atoms with E-state index in [1.54, 1.807) is 24.3 Å². The van der Waals surface area contributed by atoms with Gasteiger partial charge in [0, 0.05) is 10.9 Å². The van der Waals surface area contributed by atoms with Gasteiger partial charge in [-0.3, -0.25) is 0 Å². The van der Waals surface area contributed by atoms with Gasteiger partial charge in [0.2, 0.25) is 0 Å². The number of aliphatic hydroxyl groups is 1. The van der Waals surface area contributed by atoms with Gasteiger partial charge in [-0.25, -0.2) is 4.98 Å². The molecule has 90 valence electrons. The van der Waals surface area contributed by atoms with Crippen LogP contribution >= 0.6 is 11.6 Å². The molecule has 0 saturated heterocycles. The van der Waals surface area contributed by atoms with Crippen LogP contribution in [0.5, 0.6) is 0 Å². The Bertz CT molecular complexity index is 556. The molecule has 0 fully saturated rings. The summed E-state index contributed by atoms with van der Waals surface area (Å²) in [5.74, 6) is 0. The predicted molar refractivity (Wildman–Crippen MR) is 57.8 cm³/mol. The van der Waals surface area contributed by atoms with Crippen LogP contribution in [-0.2, 0) is 0 Å². The molecule has 0 amide bonds. The van der Waals surface area contributed by atoms with Crippen molar-refractivity contribution < 1.29 is 18.3 Å². The third-order valence-electron chi connectivity index (χ3n) is 2.31. The number of rotatable bonds is 1. The largest absolute Gasteiger partial charge is 0.418 e. The molecule has 0 spiro atoms. The fourth-order valence-electron chi connectivity index (χ4n) is 1.48. The molecule has 1 heterocycles. The maximum Gasteiger partial charge on any atom is 0.418 e. The summed E-state index contributed by atoms with van der Waals surface area (Å²) in [7, 11) is 0. The molecule has 0 aliphatic carbocycles. The van der Waals surface area contributed by atoms with Gasteiger partial charge in [0.15, 0.2) is 6.10 Å². The highest BCUT2D eigenvalue weighted by molar-refractivity contribution is 6.30. The van der Waals surface area contributed by atoms with Crippen molar-refractivity contribution in [2.75, 3.05) is 0 Å². The van der Waals surface area contributed by atoms with E-state index in [-0.39, 0.29) is 5.15 Å². The molecule has 6 heteroatoms. The summed E-state index contributed by atoms with van der Waals surface area (Å²) < 4.78 is 37.1. The Morgan fingerprint density at radius 2 is 1.88 bits per heavy atom. The summed E-state index contributed by atoms with van der Waals surface area (Å²) in [6.07, 6.45) is -7.37. The molecule has 1 aromatic heterocycles. The SMILES string of the molecule is O[C@@H](c1cc2ccccc2nc1Cl)C(F)(F)F. The van der Waals surface area contributed by atoms with E-state index in [1.807, 2.05) is 0 Å². The van der Waals surface area contributed by atoms with Gasteiger partial charge in [0.05, 0.1) is 5.52 Å². The smallest absolute Gasteiger partial charge is 0.379 e. The first-order chi connectivity index (χ1) is 7.89. The van der Waals surface area contributed by atoms with Crippen LogP contribution in [0.25, 0.3) is 10.9 Å². The molecule has 0 aliphatic rings. The first-order valence-corrected chi connectivity index (χ1v) is 5.07. The highest BCUT2D eigenvalue weighted by atomic mass is 35.5. The summed E-state index contributed by atoms with van der Waals surface area (Å²) in [6.45, 7) is 0. The number of pyridine rings is 1. The van der Waals surface area contributed by atoms with E-state index >= 15 is 0 Å². The van der Waals surface area contributed by atoms with Crippen molar-refractivity contribution in [3.63, 3.8) is 0 Å². The zero-order valence-corrected chi connectivity index (χ0v) is 9.13. The lowest BCUT2D eigenvalue weighted by molar-refractivity contribution is -0.206. The number of aromatic nitrogens is 1. The minimum absolute atomic E-state index is 0.339. The van der Waals surface area contributed by atoms with Gasteiger partial charge in [0.25, 0.3) is 0 Å². The third-order valence-corrected chi connectivity index (χ3v) is 2.61. The van der Waals surface area contributed by atoms with Crippen LogP contribution in [0, 0.1) is 0 Å². The van der Waals surface area contributed by atoms with E-state index in [9.17, 15) is 13.2 Å². The van der Waals surface area contributed by atoms with Crippen molar-refractivity contribution in [2.45, 2.75) is 12.3 Å². The first kappa shape index (κ1) is 12.1. The van der Waals surface area contributed by atoms with Gasteiger partial charge >= 0.3 is 6.18 Å². The molecule has 0 saturated carbocycles. The monoisotopic (exact) mass is 261 g/mol. The summed E-state index contributed by atoms with van der Waals surface area (Å²) in [4.78, 5) is 3.82. The lowest BCUT2D eigenvalue weighted by atomic mass is 10.1. The second-order valence-electron chi connectivity index (χ2n) is 3.51. The fourth-order valence-corrected chi connectivity index (χ4v) is 1.73. The second-order valence-corrected chi connectivity index (χ2v) is 3.86. The molecule has 2 rings (SSSR count). The van der Waals surface area contributed by atoms with Crippen LogP contribution < -0.4 is 0 Å². The molecule has 2 nitrogen and oxygen atoms in total. The van der Waals surface area contributed by atoms with Crippen LogP contribution in [0.1, 0.15) is 11.7 Å². The summed E-state index contributed by atoms with van der Waals surface area (Å²) >= 11 is 5.63. The van der Waals surface area contributed by atoms with Crippen LogP contribution in [0.2, 0.25) is 5.15 Å². The molecular weight excluding hydrogens is 255 g/mol. The lowest BCUT2D eigenvalue weighted by Crippen LogP contribution is -2.20. The minimum atomic E-state index is -4.76. The van der Waals surface area contributed by atoms with Crippen molar-refractivity contribution >= 4 is 22.5 Å². The number of aliphatic hydroxyl groups excluding tert-OH is 1. The van der Waals surface area contributed by atoms with Crippen LogP contribution in [0.4, 0.5) is 13.2 Å². The Morgan fingerprint density at radius 1 is 1.24 bits per heavy atom. The maximum atomic E-state index is 12.4. The van der Waals surface area contributed by atoms with Crippen molar-refractivity contribution in [3.05, 3.63) is 41.0 Å². The van der Waals surface area contributed by atoms with E-state index in [4.69, 9.17) is 16.7 Å². The Kier molecular flexibility index (Phi) is 2.97. The Balaban J connectivity index is 2.58. The minimum Gasteiger partial charge on any atom is -0.379 e. The number of alkyl halides is 3. The zero-order chi connectivity index (χ0) is 12.6. The van der Waals surface area contributed by atoms with Crippen LogP contribution in [0.3, 0.4) is 0 Å². The molecule has 1 atom stereocenters. The Morgan fingerprint density at radius 3 is 2.53 bits per heavy atom. The van der Waals surface area contributed by atoms with Gasteiger partial charge in [-0.1, -0.05) is 29.8 Å². The fraction of sp³-hybridized carbons (Fsp3) is 0.182. The molecule has 0 bridgehead atoms. The lowest BCUT2D eigenvalue weighted by Gasteiger charge is -2.16. The molecule has 1 aromatic carbocycles. The van der Waals surface area contributed by atoms with Crippen molar-refractivity contribution in [2.24, 2.45) is 0 Å². The number of hydrogen-bond donors (Lipinski definition) is 1. The van der Waals surface area contributed by atoms with E-state index < -0.39 is 17.8 Å². The highest BCUT2D eigenvalue weighted by Gasteiger charge is 2.40. The summed E-state index contributed by atoms with van der Waals surface area (Å²) in [5.41, 5.74) is 0.0495. The standard InChI is InChI=1S/C11H7ClF3NO/c12-10-7(9(17)11(13,14)15)5-6-3-1-2-4-8(6)16-10/h1-5,9,17H/t9-/m0/s1. The van der Waals surface area contributed by atoms with Gasteiger partial charge < -0.3 is 5.11 Å². The average molecular weight is 262 g/mol. The number of halogens is 4. The number of fused-ring (bicyclic) bond motifs is 1. The van der Waals surface area contributed by atoms with Crippen LogP contribution in [0.15, 0.2) is 30.3 Å². The van der Waals surface area contributed by atoms with E-state index in [0.717, 1.165) is 0 Å². The highest BCUT2D eigenvalue weighted by Crippen LogP contribution is 2.36. The van der Waals surface area contributed by atoms with Gasteiger partial charge in [-0.2, -0.15) is 13.2 Å². The summed E-state index contributed by atoms with van der Waals surface area (Å²) in [6, 6.07) is 7.80. The normalized spacial score (nSPS) is 13.9. The number of nitrogens with zero attached hydrogens (tertiary/aromatic N) is 1. The van der Waals surface area contributed by atoms with E-state index in [1.165, 1.54) is 6.07 Å². The number of benzene rings is 1. The summed E-state index contributed by atoms with van der Waals surface area (Å²) in [5, 5.41) is 9.30. The molecule has 0 unspecified atom stereocenters. The molecule has 0 aliphatic heterocycles. The van der Waals surface area contributed by atoms with Gasteiger partial charge in [-0.15, -0.1) is 0 Å². The predicted octanol–water partition coefficient (Wildman–Crippen LogP) is 3.48. The van der Waals surface area contributed by atoms with Crippen LogP contribution in [-0.4, -0.2) is 16.3 Å². The van der Waals surface area contributed by atoms with E-state index in [0.29, 0.717) is 10.9 Å². The number of hydrogen-bond acceptors (Lipinski definition) is 2. The zero-order valence-electron chi connectivity index (χ0n) is 8.37. The Hall–Kier alpha value is -1.33. The van der Waals surface area contributed by atoms with Crippen molar-refractivity contribution in [1.82, 2.24) is 4.98 Å². The number of para-hydroxylation sites is 1. The topological polar surface area (TPSA) is 33.1 Å². The molecule has 2 aromatic rings. The molecule has 0 radical (unpaired) electrons. The maximum absolute atomic E-state index is 12.4. The average Bonchev–Trinajstić information content (AvgIpc) is 2.26. The van der Waals surface area contributed by atoms with Gasteiger partial charge in [0.1, 0.15) is 5.15 Å². The quantitative estimate of drug-likeness (QED) is 0.797. The van der Waals surface area contributed by atoms with E-state index in [2.05, 4.69) is 4.98 Å². The van der Waals surface area contributed by atoms with Gasteiger partial charge in [-0.05, 0) is 12.1 Å². The third kappa shape index (κ3) is 2.35. The molecular formula is C11H7ClF3NO. The molecule has 1 N–H and O–H groups in total. The Labute approximate surface area is 99.7 Å². The molecule has 17 heavy (non-hydrogen) atoms. The first-order valence-electron chi connectivity index (χ1n) is 4.69. The second kappa shape index (κ2) is 4.16. The van der Waals surface area contributed by atoms with Crippen molar-refractivity contribution in [3.8, 4) is 0 Å². The van der Waals surface area contributed by atoms with Crippen molar-refractivity contribution in [1.29, 1.82) is 0 Å².